The Hall–Kier alpha value is -4.90. The van der Waals surface area contributed by atoms with E-state index in [9.17, 15) is 24.9 Å². The summed E-state index contributed by atoms with van der Waals surface area (Å²) in [6.07, 6.45) is -0.193. The van der Waals surface area contributed by atoms with E-state index in [2.05, 4.69) is 4.90 Å². The van der Waals surface area contributed by atoms with E-state index in [4.69, 9.17) is 18.6 Å². The number of carbonyl (C=O) groups is 1. The molecule has 1 atom stereocenters. The van der Waals surface area contributed by atoms with Gasteiger partial charge in [0, 0.05) is 61.3 Å². The summed E-state index contributed by atoms with van der Waals surface area (Å²) < 4.78 is 23.0. The van der Waals surface area contributed by atoms with Crippen LogP contribution in [0.1, 0.15) is 23.5 Å². The van der Waals surface area contributed by atoms with E-state index in [1.165, 1.54) is 27.4 Å². The van der Waals surface area contributed by atoms with E-state index in [0.29, 0.717) is 43.1 Å². The predicted molar refractivity (Wildman–Crippen MR) is 160 cm³/mol. The summed E-state index contributed by atoms with van der Waals surface area (Å²) in [5.41, 5.74) is 0.100. The van der Waals surface area contributed by atoms with Crippen molar-refractivity contribution in [1.82, 2.24) is 9.80 Å². The SMILES string of the molecule is COc1ccc([C@H](CC(=O)N2CCN(C)CC2)c2c(O)c(O)c(O)c3c(=O)cc(-c4ccccc4)oc23)c(OC)c1OC. The molecular formula is C32H34N2O9. The molecule has 1 fully saturated rings. The molecule has 0 saturated carbocycles. The minimum atomic E-state index is -1.02. The highest BCUT2D eigenvalue weighted by atomic mass is 16.5. The normalized spacial score (nSPS) is 14.5. The van der Waals surface area contributed by atoms with Crippen LogP contribution in [-0.4, -0.2) is 85.6 Å². The van der Waals surface area contributed by atoms with Gasteiger partial charge in [-0.05, 0) is 13.1 Å². The number of nitrogens with zero attached hydrogens (tertiary/aromatic N) is 2. The lowest BCUT2D eigenvalue weighted by Crippen LogP contribution is -2.47. The molecule has 0 unspecified atom stereocenters. The van der Waals surface area contributed by atoms with Crippen molar-refractivity contribution in [2.75, 3.05) is 54.6 Å². The summed E-state index contributed by atoms with van der Waals surface area (Å²) in [6.45, 7) is 2.40. The fourth-order valence-corrected chi connectivity index (χ4v) is 5.57. The van der Waals surface area contributed by atoms with Gasteiger partial charge in [-0.15, -0.1) is 0 Å². The number of likely N-dealkylation sites (N-methyl/N-ethyl adjacent to an activating group) is 1. The zero-order chi connectivity index (χ0) is 30.8. The van der Waals surface area contributed by atoms with Crippen LogP contribution >= 0.6 is 0 Å². The van der Waals surface area contributed by atoms with Gasteiger partial charge in [-0.1, -0.05) is 36.4 Å². The van der Waals surface area contributed by atoms with E-state index in [1.54, 1.807) is 41.3 Å². The van der Waals surface area contributed by atoms with Gasteiger partial charge in [0.2, 0.25) is 17.4 Å². The summed E-state index contributed by atoms with van der Waals surface area (Å²) in [6, 6.07) is 13.4. The molecule has 0 bridgehead atoms. The van der Waals surface area contributed by atoms with Crippen LogP contribution in [0.15, 0.2) is 57.7 Å². The topological polar surface area (TPSA) is 142 Å². The van der Waals surface area contributed by atoms with E-state index in [-0.39, 0.29) is 46.1 Å². The second kappa shape index (κ2) is 12.1. The first-order chi connectivity index (χ1) is 20.7. The molecule has 2 heterocycles. The number of phenolic OH excluding ortho intramolecular Hbond substituents is 3. The van der Waals surface area contributed by atoms with Gasteiger partial charge in [-0.3, -0.25) is 9.59 Å². The zero-order valence-electron chi connectivity index (χ0n) is 24.4. The fraction of sp³-hybridized carbons (Fsp3) is 0.312. The molecule has 1 aromatic heterocycles. The summed E-state index contributed by atoms with van der Waals surface area (Å²) in [4.78, 5) is 31.1. The number of hydrogen-bond acceptors (Lipinski definition) is 10. The van der Waals surface area contributed by atoms with E-state index >= 15 is 0 Å². The summed E-state index contributed by atoms with van der Waals surface area (Å²) in [5, 5.41) is 32.7. The highest BCUT2D eigenvalue weighted by Gasteiger charge is 2.35. The van der Waals surface area contributed by atoms with Crippen molar-refractivity contribution in [3.05, 3.63) is 69.9 Å². The molecule has 1 aliphatic heterocycles. The minimum absolute atomic E-state index is 0.0619. The van der Waals surface area contributed by atoms with Gasteiger partial charge in [0.15, 0.2) is 28.4 Å². The Labute approximate surface area is 248 Å². The Kier molecular flexibility index (Phi) is 8.36. The smallest absolute Gasteiger partial charge is 0.223 e. The number of aromatic hydroxyl groups is 3. The molecule has 11 nitrogen and oxygen atoms in total. The number of fused-ring (bicyclic) bond motifs is 1. The number of benzene rings is 3. The highest BCUT2D eigenvalue weighted by molar-refractivity contribution is 5.94. The Morgan fingerprint density at radius 2 is 1.56 bits per heavy atom. The molecule has 43 heavy (non-hydrogen) atoms. The van der Waals surface area contributed by atoms with Crippen molar-refractivity contribution in [1.29, 1.82) is 0 Å². The van der Waals surface area contributed by atoms with Crippen LogP contribution in [0.4, 0.5) is 0 Å². The first kappa shape index (κ1) is 29.6. The highest BCUT2D eigenvalue weighted by Crippen LogP contribution is 2.52. The largest absolute Gasteiger partial charge is 0.504 e. The average molecular weight is 591 g/mol. The van der Waals surface area contributed by atoms with Crippen LogP contribution in [0.3, 0.4) is 0 Å². The maximum Gasteiger partial charge on any atom is 0.223 e. The number of amides is 1. The Balaban J connectivity index is 1.81. The lowest BCUT2D eigenvalue weighted by Gasteiger charge is -2.33. The molecule has 3 aromatic carbocycles. The van der Waals surface area contributed by atoms with E-state index in [1.807, 2.05) is 13.1 Å². The van der Waals surface area contributed by atoms with Crippen LogP contribution in [0, 0.1) is 0 Å². The maximum absolute atomic E-state index is 13.8. The molecule has 11 heteroatoms. The van der Waals surface area contributed by atoms with Gasteiger partial charge in [0.1, 0.15) is 16.7 Å². The molecule has 226 valence electrons. The molecular weight excluding hydrogens is 556 g/mol. The van der Waals surface area contributed by atoms with Gasteiger partial charge in [-0.25, -0.2) is 0 Å². The van der Waals surface area contributed by atoms with Crippen LogP contribution < -0.4 is 19.6 Å². The lowest BCUT2D eigenvalue weighted by molar-refractivity contribution is -0.133. The van der Waals surface area contributed by atoms with Crippen molar-refractivity contribution >= 4 is 16.9 Å². The number of methoxy groups -OCH3 is 3. The van der Waals surface area contributed by atoms with Crippen molar-refractivity contribution < 1.29 is 38.7 Å². The van der Waals surface area contributed by atoms with Gasteiger partial charge in [0.25, 0.3) is 0 Å². The zero-order valence-corrected chi connectivity index (χ0v) is 24.4. The first-order valence-corrected chi connectivity index (χ1v) is 13.7. The number of phenols is 3. The van der Waals surface area contributed by atoms with Crippen LogP contribution in [-0.2, 0) is 4.79 Å². The standard InChI is InChI=1S/C32H34N2O9/c1-33-12-14-34(15-13-33)24(36)16-20(19-10-11-22(40-2)31(42-4)30(19)41-3)25-27(37)29(39)28(38)26-21(35)17-23(43-32(25)26)18-8-6-5-7-9-18/h5-11,17,20,37-39H,12-16H2,1-4H3/t20-/m0/s1. The fourth-order valence-electron chi connectivity index (χ4n) is 5.57. The van der Waals surface area contributed by atoms with E-state index < -0.39 is 28.6 Å². The van der Waals surface area contributed by atoms with Crippen LogP contribution in [0.2, 0.25) is 0 Å². The minimum Gasteiger partial charge on any atom is -0.504 e. The molecule has 1 saturated heterocycles. The second-order valence-electron chi connectivity index (χ2n) is 10.4. The number of carbonyl (C=O) groups excluding carboxylic acids is 1. The van der Waals surface area contributed by atoms with Crippen molar-refractivity contribution in [2.45, 2.75) is 12.3 Å². The number of piperazine rings is 1. The Morgan fingerprint density at radius 1 is 0.884 bits per heavy atom. The molecule has 4 aromatic rings. The van der Waals surface area contributed by atoms with Gasteiger partial charge in [0.05, 0.1) is 21.3 Å². The third-order valence-electron chi connectivity index (χ3n) is 7.88. The average Bonchev–Trinajstić information content (AvgIpc) is 3.02. The summed E-state index contributed by atoms with van der Waals surface area (Å²) >= 11 is 0. The van der Waals surface area contributed by atoms with Crippen LogP contribution in [0.25, 0.3) is 22.3 Å². The van der Waals surface area contributed by atoms with Crippen LogP contribution in [0.5, 0.6) is 34.5 Å². The number of rotatable bonds is 8. The molecule has 1 aliphatic rings. The number of hydrogen-bond donors (Lipinski definition) is 3. The molecule has 5 rings (SSSR count). The number of ether oxygens (including phenoxy) is 3. The molecule has 0 aliphatic carbocycles. The molecule has 3 N–H and O–H groups in total. The third-order valence-corrected chi connectivity index (χ3v) is 7.88. The summed E-state index contributed by atoms with van der Waals surface area (Å²) in [7, 11) is 6.33. The lowest BCUT2D eigenvalue weighted by atomic mass is 9.84. The molecule has 0 spiro atoms. The Bertz CT molecular complexity index is 1710. The quantitative estimate of drug-likeness (QED) is 0.259. The van der Waals surface area contributed by atoms with Crippen molar-refractivity contribution in [2.24, 2.45) is 0 Å². The van der Waals surface area contributed by atoms with Crippen molar-refractivity contribution in [3.63, 3.8) is 0 Å². The van der Waals surface area contributed by atoms with Gasteiger partial charge < -0.3 is 43.7 Å². The van der Waals surface area contributed by atoms with Crippen molar-refractivity contribution in [3.8, 4) is 45.8 Å². The van der Waals surface area contributed by atoms with Gasteiger partial charge in [-0.2, -0.15) is 0 Å². The monoisotopic (exact) mass is 590 g/mol. The molecule has 0 radical (unpaired) electrons. The molecule has 1 amide bonds. The first-order valence-electron chi connectivity index (χ1n) is 13.7. The predicted octanol–water partition coefficient (Wildman–Crippen LogP) is 3.90. The van der Waals surface area contributed by atoms with E-state index in [0.717, 1.165) is 0 Å². The Morgan fingerprint density at radius 3 is 2.19 bits per heavy atom. The third kappa shape index (κ3) is 5.39. The maximum atomic E-state index is 13.8. The second-order valence-corrected chi connectivity index (χ2v) is 10.4. The summed E-state index contributed by atoms with van der Waals surface area (Å²) in [5.74, 6) is -2.70. The van der Waals surface area contributed by atoms with Gasteiger partial charge >= 0.3 is 0 Å².